The van der Waals surface area contributed by atoms with E-state index in [-0.39, 0.29) is 0 Å². The van der Waals surface area contributed by atoms with Crippen molar-refractivity contribution in [3.05, 3.63) is 48.0 Å². The molecular weight excluding hydrogens is 280 g/mol. The average Bonchev–Trinajstić information content (AvgIpc) is 3.16. The van der Waals surface area contributed by atoms with E-state index in [0.717, 1.165) is 30.9 Å². The van der Waals surface area contributed by atoms with E-state index in [9.17, 15) is 0 Å². The number of nitrogens with zero attached hydrogens (tertiary/aromatic N) is 6. The van der Waals surface area contributed by atoms with Gasteiger partial charge in [0.25, 0.3) is 0 Å². The highest BCUT2D eigenvalue weighted by atomic mass is 16.5. The average molecular weight is 296 g/mol. The molecular formula is C15H16N6O. The van der Waals surface area contributed by atoms with Gasteiger partial charge in [-0.25, -0.2) is 4.98 Å². The van der Waals surface area contributed by atoms with Gasteiger partial charge in [-0.05, 0) is 12.1 Å². The second-order valence-electron chi connectivity index (χ2n) is 5.44. The van der Waals surface area contributed by atoms with Crippen molar-refractivity contribution in [1.82, 2.24) is 29.6 Å². The van der Waals surface area contributed by atoms with Crippen molar-refractivity contribution < 1.29 is 4.52 Å². The summed E-state index contributed by atoms with van der Waals surface area (Å²) in [7, 11) is 2.04. The quantitative estimate of drug-likeness (QED) is 0.728. The van der Waals surface area contributed by atoms with Crippen LogP contribution >= 0.6 is 0 Å². The SMILES string of the molecule is Cn1cnc2c1CCN(Cc1nc(-c3ccccn3)no1)C2. The summed E-state index contributed by atoms with van der Waals surface area (Å²) in [6.07, 6.45) is 4.59. The van der Waals surface area contributed by atoms with Crippen LogP contribution in [0.15, 0.2) is 35.2 Å². The number of hydrogen-bond acceptors (Lipinski definition) is 6. The van der Waals surface area contributed by atoms with E-state index in [4.69, 9.17) is 4.52 Å². The van der Waals surface area contributed by atoms with Gasteiger partial charge in [0, 0.05) is 38.4 Å². The van der Waals surface area contributed by atoms with E-state index in [1.54, 1.807) is 6.20 Å². The first-order valence-electron chi connectivity index (χ1n) is 7.25. The van der Waals surface area contributed by atoms with Crippen molar-refractivity contribution in [2.24, 2.45) is 7.05 Å². The molecule has 0 saturated carbocycles. The fourth-order valence-electron chi connectivity index (χ4n) is 2.76. The molecule has 0 unspecified atom stereocenters. The largest absolute Gasteiger partial charge is 0.337 e. The molecule has 0 spiro atoms. The summed E-state index contributed by atoms with van der Waals surface area (Å²) in [5.41, 5.74) is 3.18. The summed E-state index contributed by atoms with van der Waals surface area (Å²) >= 11 is 0. The number of pyridine rings is 1. The first kappa shape index (κ1) is 13.1. The minimum absolute atomic E-state index is 0.533. The Balaban J connectivity index is 1.48. The Morgan fingerprint density at radius 2 is 2.23 bits per heavy atom. The number of imidazole rings is 1. The third kappa shape index (κ3) is 2.39. The van der Waals surface area contributed by atoms with E-state index < -0.39 is 0 Å². The summed E-state index contributed by atoms with van der Waals surface area (Å²) in [6, 6.07) is 5.64. The van der Waals surface area contributed by atoms with Crippen molar-refractivity contribution >= 4 is 0 Å². The first-order chi connectivity index (χ1) is 10.8. The van der Waals surface area contributed by atoms with Crippen LogP contribution in [-0.4, -0.2) is 36.1 Å². The maximum Gasteiger partial charge on any atom is 0.241 e. The Bertz CT molecular complexity index is 778. The molecule has 4 heterocycles. The zero-order valence-electron chi connectivity index (χ0n) is 12.3. The molecule has 4 rings (SSSR count). The van der Waals surface area contributed by atoms with E-state index in [2.05, 4.69) is 29.6 Å². The molecule has 1 aliphatic rings. The van der Waals surface area contributed by atoms with Crippen LogP contribution in [0.2, 0.25) is 0 Å². The zero-order chi connectivity index (χ0) is 14.9. The Labute approximate surface area is 127 Å². The van der Waals surface area contributed by atoms with E-state index >= 15 is 0 Å². The minimum Gasteiger partial charge on any atom is -0.337 e. The second-order valence-corrected chi connectivity index (χ2v) is 5.44. The van der Waals surface area contributed by atoms with Gasteiger partial charge in [0.2, 0.25) is 11.7 Å². The van der Waals surface area contributed by atoms with Gasteiger partial charge in [-0.2, -0.15) is 4.98 Å². The van der Waals surface area contributed by atoms with E-state index in [1.807, 2.05) is 31.6 Å². The number of aryl methyl sites for hydroxylation is 1. The van der Waals surface area contributed by atoms with Gasteiger partial charge in [0.15, 0.2) is 0 Å². The molecule has 0 amide bonds. The maximum absolute atomic E-state index is 5.35. The van der Waals surface area contributed by atoms with Crippen molar-refractivity contribution in [3.63, 3.8) is 0 Å². The third-order valence-corrected chi connectivity index (χ3v) is 3.90. The molecule has 0 N–H and O–H groups in total. The van der Waals surface area contributed by atoms with Crippen molar-refractivity contribution in [2.75, 3.05) is 6.54 Å². The topological polar surface area (TPSA) is 72.9 Å². The fraction of sp³-hybridized carbons (Fsp3) is 0.333. The van der Waals surface area contributed by atoms with Crippen molar-refractivity contribution in [3.8, 4) is 11.5 Å². The Morgan fingerprint density at radius 1 is 1.27 bits per heavy atom. The summed E-state index contributed by atoms with van der Waals surface area (Å²) in [6.45, 7) is 2.42. The molecule has 7 nitrogen and oxygen atoms in total. The molecule has 1 aliphatic heterocycles. The van der Waals surface area contributed by atoms with Crippen LogP contribution in [0.4, 0.5) is 0 Å². The first-order valence-corrected chi connectivity index (χ1v) is 7.25. The molecule has 0 saturated heterocycles. The van der Waals surface area contributed by atoms with Crippen molar-refractivity contribution in [2.45, 2.75) is 19.5 Å². The molecule has 7 heteroatoms. The highest BCUT2D eigenvalue weighted by molar-refractivity contribution is 5.46. The van der Waals surface area contributed by atoms with Crippen LogP contribution in [-0.2, 0) is 26.6 Å². The van der Waals surface area contributed by atoms with Crippen LogP contribution in [0.25, 0.3) is 11.5 Å². The maximum atomic E-state index is 5.35. The van der Waals surface area contributed by atoms with Crippen LogP contribution in [0.5, 0.6) is 0 Å². The highest BCUT2D eigenvalue weighted by Gasteiger charge is 2.21. The minimum atomic E-state index is 0.533. The van der Waals surface area contributed by atoms with Gasteiger partial charge in [0.05, 0.1) is 18.6 Å². The Kier molecular flexibility index (Phi) is 3.19. The normalized spacial score (nSPS) is 15.0. The van der Waals surface area contributed by atoms with Crippen LogP contribution < -0.4 is 0 Å². The molecule has 22 heavy (non-hydrogen) atoms. The molecule has 0 atom stereocenters. The predicted octanol–water partition coefficient (Wildman–Crippen LogP) is 1.42. The Morgan fingerprint density at radius 3 is 3.09 bits per heavy atom. The molecule has 0 radical (unpaired) electrons. The summed E-state index contributed by atoms with van der Waals surface area (Å²) in [5, 5.41) is 4.01. The molecule has 0 aliphatic carbocycles. The molecule has 0 aromatic carbocycles. The van der Waals surface area contributed by atoms with Gasteiger partial charge in [-0.1, -0.05) is 11.2 Å². The molecule has 3 aromatic heterocycles. The standard InChI is InChI=1S/C15H16N6O/c1-20-10-17-12-8-21(7-5-13(12)20)9-14-18-15(19-22-14)11-4-2-3-6-16-11/h2-4,6,10H,5,7-9H2,1H3. The van der Waals surface area contributed by atoms with Crippen LogP contribution in [0.1, 0.15) is 17.3 Å². The number of rotatable bonds is 3. The number of aromatic nitrogens is 5. The molecule has 0 fully saturated rings. The molecule has 3 aromatic rings. The van der Waals surface area contributed by atoms with E-state index in [1.165, 1.54) is 5.69 Å². The van der Waals surface area contributed by atoms with Gasteiger partial charge >= 0.3 is 0 Å². The number of fused-ring (bicyclic) bond motifs is 1. The van der Waals surface area contributed by atoms with Gasteiger partial charge in [-0.15, -0.1) is 0 Å². The molecule has 112 valence electrons. The molecule has 0 bridgehead atoms. The van der Waals surface area contributed by atoms with Crippen molar-refractivity contribution in [1.29, 1.82) is 0 Å². The zero-order valence-corrected chi connectivity index (χ0v) is 12.3. The summed E-state index contributed by atoms with van der Waals surface area (Å²) in [5.74, 6) is 1.14. The van der Waals surface area contributed by atoms with E-state index in [0.29, 0.717) is 18.3 Å². The summed E-state index contributed by atoms with van der Waals surface area (Å²) in [4.78, 5) is 15.4. The summed E-state index contributed by atoms with van der Waals surface area (Å²) < 4.78 is 7.44. The lowest BCUT2D eigenvalue weighted by molar-refractivity contribution is 0.206. The monoisotopic (exact) mass is 296 g/mol. The van der Waals surface area contributed by atoms with Gasteiger partial charge in [0.1, 0.15) is 5.69 Å². The van der Waals surface area contributed by atoms with Crippen LogP contribution in [0, 0.1) is 0 Å². The highest BCUT2D eigenvalue weighted by Crippen LogP contribution is 2.19. The lowest BCUT2D eigenvalue weighted by atomic mass is 10.1. The number of hydrogen-bond donors (Lipinski definition) is 0. The van der Waals surface area contributed by atoms with Crippen LogP contribution in [0.3, 0.4) is 0 Å². The smallest absolute Gasteiger partial charge is 0.241 e. The lowest BCUT2D eigenvalue weighted by Crippen LogP contribution is -2.30. The van der Waals surface area contributed by atoms with Gasteiger partial charge < -0.3 is 9.09 Å². The predicted molar refractivity (Wildman–Crippen MR) is 78.6 cm³/mol. The van der Waals surface area contributed by atoms with Gasteiger partial charge in [-0.3, -0.25) is 9.88 Å². The fourth-order valence-corrected chi connectivity index (χ4v) is 2.76. The third-order valence-electron chi connectivity index (χ3n) is 3.90. The second kappa shape index (κ2) is 5.34. The Hall–Kier alpha value is -2.54. The lowest BCUT2D eigenvalue weighted by Gasteiger charge is -2.24.